The Bertz CT molecular complexity index is 434. The van der Waals surface area contributed by atoms with Crippen LogP contribution in [0.4, 0.5) is 0 Å². The second-order valence-corrected chi connectivity index (χ2v) is 4.43. The smallest absolute Gasteiger partial charge is 0.220 e. The molecule has 2 rings (SSSR count). The van der Waals surface area contributed by atoms with Crippen LogP contribution in [0.3, 0.4) is 0 Å². The predicted octanol–water partition coefficient (Wildman–Crippen LogP) is 0.769. The number of carbonyl (C=O) groups is 1. The number of hydrogen-bond donors (Lipinski definition) is 3. The molecule has 1 amide bonds. The molecule has 0 spiro atoms. The van der Waals surface area contributed by atoms with Crippen molar-refractivity contribution in [1.82, 2.24) is 10.6 Å². The molecular weight excluding hydrogens is 232 g/mol. The average molecular weight is 250 g/mol. The van der Waals surface area contributed by atoms with Crippen molar-refractivity contribution in [3.05, 3.63) is 23.8 Å². The van der Waals surface area contributed by atoms with E-state index in [9.17, 15) is 9.90 Å². The van der Waals surface area contributed by atoms with Gasteiger partial charge in [0.2, 0.25) is 5.91 Å². The highest BCUT2D eigenvalue weighted by molar-refractivity contribution is 5.78. The quantitative estimate of drug-likeness (QED) is 0.722. The van der Waals surface area contributed by atoms with Gasteiger partial charge in [0.15, 0.2) is 0 Å². The van der Waals surface area contributed by atoms with Gasteiger partial charge in [-0.3, -0.25) is 4.79 Å². The van der Waals surface area contributed by atoms with Gasteiger partial charge < -0.3 is 20.5 Å². The molecule has 0 saturated carbocycles. The molecule has 1 aromatic rings. The fraction of sp³-hybridized carbons (Fsp3) is 0.462. The van der Waals surface area contributed by atoms with Gasteiger partial charge in [-0.15, -0.1) is 0 Å². The van der Waals surface area contributed by atoms with Crippen molar-refractivity contribution in [3.8, 4) is 11.5 Å². The Hall–Kier alpha value is -1.75. The summed E-state index contributed by atoms with van der Waals surface area (Å²) >= 11 is 0. The summed E-state index contributed by atoms with van der Waals surface area (Å²) in [6.45, 7) is 1.29. The van der Waals surface area contributed by atoms with Crippen LogP contribution in [0.1, 0.15) is 18.4 Å². The fourth-order valence-electron chi connectivity index (χ4n) is 2.03. The number of phenolic OH excluding ortho intramolecular Hbond substituents is 1. The average Bonchev–Trinajstić information content (AvgIpc) is 2.77. The molecule has 0 aliphatic carbocycles. The zero-order valence-corrected chi connectivity index (χ0v) is 10.4. The number of phenols is 1. The third kappa shape index (κ3) is 3.13. The maximum atomic E-state index is 11.0. The standard InChI is InChI=1S/C13H18N2O3/c1-18-11-4-2-9(12(16)6-11)7-14-8-10-3-5-13(17)15-10/h2,4,6,10,14,16H,3,5,7-8H2,1H3,(H,15,17). The van der Waals surface area contributed by atoms with Gasteiger partial charge in [0, 0.05) is 37.2 Å². The summed E-state index contributed by atoms with van der Waals surface area (Å²) in [4.78, 5) is 11.0. The molecule has 1 aromatic carbocycles. The van der Waals surface area contributed by atoms with Crippen molar-refractivity contribution in [1.29, 1.82) is 0 Å². The van der Waals surface area contributed by atoms with E-state index in [1.54, 1.807) is 13.2 Å². The van der Waals surface area contributed by atoms with Crippen LogP contribution >= 0.6 is 0 Å². The van der Waals surface area contributed by atoms with Gasteiger partial charge in [0.1, 0.15) is 11.5 Å². The lowest BCUT2D eigenvalue weighted by Crippen LogP contribution is -2.35. The zero-order valence-electron chi connectivity index (χ0n) is 10.4. The zero-order chi connectivity index (χ0) is 13.0. The summed E-state index contributed by atoms with van der Waals surface area (Å²) in [5.41, 5.74) is 0.820. The Morgan fingerprint density at radius 3 is 3.00 bits per heavy atom. The van der Waals surface area contributed by atoms with E-state index >= 15 is 0 Å². The van der Waals surface area contributed by atoms with Crippen LogP contribution in [0, 0.1) is 0 Å². The van der Waals surface area contributed by atoms with E-state index < -0.39 is 0 Å². The minimum Gasteiger partial charge on any atom is -0.507 e. The summed E-state index contributed by atoms with van der Waals surface area (Å²) in [6.07, 6.45) is 1.49. The summed E-state index contributed by atoms with van der Waals surface area (Å²) in [6, 6.07) is 5.44. The first-order valence-corrected chi connectivity index (χ1v) is 6.05. The van der Waals surface area contributed by atoms with Gasteiger partial charge in [-0.1, -0.05) is 6.07 Å². The largest absolute Gasteiger partial charge is 0.507 e. The topological polar surface area (TPSA) is 70.6 Å². The molecule has 3 N–H and O–H groups in total. The van der Waals surface area contributed by atoms with Crippen molar-refractivity contribution in [2.75, 3.05) is 13.7 Å². The molecule has 5 heteroatoms. The third-order valence-electron chi connectivity index (χ3n) is 3.08. The van der Waals surface area contributed by atoms with Gasteiger partial charge in [0.25, 0.3) is 0 Å². The number of rotatable bonds is 5. The number of amides is 1. The van der Waals surface area contributed by atoms with E-state index in [1.807, 2.05) is 12.1 Å². The molecule has 18 heavy (non-hydrogen) atoms. The Morgan fingerprint density at radius 2 is 2.39 bits per heavy atom. The Morgan fingerprint density at radius 1 is 1.56 bits per heavy atom. The summed E-state index contributed by atoms with van der Waals surface area (Å²) in [5.74, 6) is 0.978. The molecule has 98 valence electrons. The number of ether oxygens (including phenoxy) is 1. The summed E-state index contributed by atoms with van der Waals surface area (Å²) in [5, 5.41) is 15.9. The Labute approximate surface area is 106 Å². The van der Waals surface area contributed by atoms with Crippen LogP contribution in [0.5, 0.6) is 11.5 Å². The van der Waals surface area contributed by atoms with Crippen molar-refractivity contribution in [3.63, 3.8) is 0 Å². The molecule has 1 aliphatic rings. The first kappa shape index (κ1) is 12.7. The van der Waals surface area contributed by atoms with Crippen LogP contribution in [0.15, 0.2) is 18.2 Å². The lowest BCUT2D eigenvalue weighted by atomic mass is 10.1. The van der Waals surface area contributed by atoms with Crippen molar-refractivity contribution in [2.24, 2.45) is 0 Å². The van der Waals surface area contributed by atoms with Crippen molar-refractivity contribution >= 4 is 5.91 Å². The van der Waals surface area contributed by atoms with Crippen LogP contribution < -0.4 is 15.4 Å². The van der Waals surface area contributed by atoms with Crippen LogP contribution in [0.2, 0.25) is 0 Å². The summed E-state index contributed by atoms with van der Waals surface area (Å²) < 4.78 is 5.02. The fourth-order valence-corrected chi connectivity index (χ4v) is 2.03. The van der Waals surface area contributed by atoms with Crippen molar-refractivity contribution in [2.45, 2.75) is 25.4 Å². The SMILES string of the molecule is COc1ccc(CNCC2CCC(=O)N2)c(O)c1. The molecule has 1 unspecified atom stereocenters. The Kier molecular flexibility index (Phi) is 4.04. The Balaban J connectivity index is 1.81. The van der Waals surface area contributed by atoms with E-state index in [0.717, 1.165) is 18.5 Å². The van der Waals surface area contributed by atoms with Crippen LogP contribution in [-0.2, 0) is 11.3 Å². The highest BCUT2D eigenvalue weighted by Crippen LogP contribution is 2.23. The van der Waals surface area contributed by atoms with E-state index in [2.05, 4.69) is 10.6 Å². The van der Waals surface area contributed by atoms with Gasteiger partial charge in [0.05, 0.1) is 7.11 Å². The molecule has 5 nitrogen and oxygen atoms in total. The normalized spacial score (nSPS) is 18.7. The van der Waals surface area contributed by atoms with Gasteiger partial charge >= 0.3 is 0 Å². The predicted molar refractivity (Wildman–Crippen MR) is 67.5 cm³/mol. The molecule has 1 aliphatic heterocycles. The minimum atomic E-state index is 0.120. The van der Waals surface area contributed by atoms with Gasteiger partial charge in [-0.2, -0.15) is 0 Å². The number of carbonyl (C=O) groups excluding carboxylic acids is 1. The first-order chi connectivity index (χ1) is 8.69. The number of hydrogen-bond acceptors (Lipinski definition) is 4. The summed E-state index contributed by atoms with van der Waals surface area (Å²) in [7, 11) is 1.56. The maximum absolute atomic E-state index is 11.0. The highest BCUT2D eigenvalue weighted by atomic mass is 16.5. The molecule has 0 radical (unpaired) electrons. The molecule has 0 aromatic heterocycles. The lowest BCUT2D eigenvalue weighted by molar-refractivity contribution is -0.119. The molecule has 1 atom stereocenters. The van der Waals surface area contributed by atoms with E-state index in [4.69, 9.17) is 4.74 Å². The van der Waals surface area contributed by atoms with E-state index in [0.29, 0.717) is 18.7 Å². The molecule has 0 bridgehead atoms. The second-order valence-electron chi connectivity index (χ2n) is 4.43. The number of nitrogens with one attached hydrogen (secondary N) is 2. The molecule has 1 heterocycles. The lowest BCUT2D eigenvalue weighted by Gasteiger charge is -2.12. The van der Waals surface area contributed by atoms with Crippen LogP contribution in [0.25, 0.3) is 0 Å². The number of benzene rings is 1. The minimum absolute atomic E-state index is 0.120. The first-order valence-electron chi connectivity index (χ1n) is 6.05. The van der Waals surface area contributed by atoms with E-state index in [-0.39, 0.29) is 17.7 Å². The molecular formula is C13H18N2O3. The third-order valence-corrected chi connectivity index (χ3v) is 3.08. The second kappa shape index (κ2) is 5.73. The number of aromatic hydroxyl groups is 1. The monoisotopic (exact) mass is 250 g/mol. The van der Waals surface area contributed by atoms with Crippen molar-refractivity contribution < 1.29 is 14.6 Å². The molecule has 1 fully saturated rings. The number of methoxy groups -OCH3 is 1. The van der Waals surface area contributed by atoms with Gasteiger partial charge in [-0.25, -0.2) is 0 Å². The van der Waals surface area contributed by atoms with E-state index in [1.165, 1.54) is 0 Å². The molecule has 1 saturated heterocycles. The van der Waals surface area contributed by atoms with Crippen LogP contribution in [-0.4, -0.2) is 30.7 Å². The van der Waals surface area contributed by atoms with Gasteiger partial charge in [-0.05, 0) is 12.5 Å². The highest BCUT2D eigenvalue weighted by Gasteiger charge is 2.19. The maximum Gasteiger partial charge on any atom is 0.220 e.